The highest BCUT2D eigenvalue weighted by Gasteiger charge is 2.29. The number of hydrogen-bond acceptors (Lipinski definition) is 3. The third-order valence-corrected chi connectivity index (χ3v) is 12.1. The maximum absolute atomic E-state index is 6.35. The number of nitrogens with zero attached hydrogens (tertiary/aromatic N) is 3. The summed E-state index contributed by atoms with van der Waals surface area (Å²) in [6.45, 7) is 4.71. The number of fused-ring (bicyclic) bond motifs is 8. The lowest BCUT2D eigenvalue weighted by molar-refractivity contribution is 0.619. The van der Waals surface area contributed by atoms with Gasteiger partial charge in [-0.1, -0.05) is 111 Å². The average Bonchev–Trinajstić information content (AvgIpc) is 3.85. The molecule has 57 heavy (non-hydrogen) atoms. The second-order valence-electron chi connectivity index (χ2n) is 15.7. The van der Waals surface area contributed by atoms with Gasteiger partial charge in [-0.25, -0.2) is 4.98 Å². The fraction of sp³-hybridized carbons (Fsp3) is 0.113. The van der Waals surface area contributed by atoms with Gasteiger partial charge in [0.25, 0.3) is 0 Å². The number of para-hydroxylation sites is 3. The van der Waals surface area contributed by atoms with Crippen LogP contribution >= 0.6 is 0 Å². The third-order valence-electron chi connectivity index (χ3n) is 12.1. The van der Waals surface area contributed by atoms with Crippen molar-refractivity contribution in [1.82, 2.24) is 9.55 Å². The second-order valence-corrected chi connectivity index (χ2v) is 15.7. The highest BCUT2D eigenvalue weighted by molar-refractivity contribution is 6.10. The molecular weight excluding hydrogens is 695 g/mol. The molecule has 2 aliphatic rings. The minimum absolute atomic E-state index is 0.286. The van der Waals surface area contributed by atoms with Gasteiger partial charge < -0.3 is 13.9 Å². The number of oxazole rings is 1. The van der Waals surface area contributed by atoms with Gasteiger partial charge in [0, 0.05) is 50.6 Å². The molecule has 4 heteroatoms. The number of hydrogen-bond donors (Lipinski definition) is 0. The molecule has 274 valence electrons. The molecule has 0 aliphatic heterocycles. The minimum Gasteiger partial charge on any atom is -0.436 e. The Morgan fingerprint density at radius 3 is 2.14 bits per heavy atom. The summed E-state index contributed by atoms with van der Waals surface area (Å²) in [5.41, 5.74) is 17.8. The molecule has 4 nitrogen and oxygen atoms in total. The molecule has 2 heterocycles. The van der Waals surface area contributed by atoms with Crippen molar-refractivity contribution < 1.29 is 4.42 Å². The number of benzene rings is 7. The van der Waals surface area contributed by atoms with E-state index in [2.05, 4.69) is 181 Å². The zero-order chi connectivity index (χ0) is 38.0. The summed E-state index contributed by atoms with van der Waals surface area (Å²) in [6, 6.07) is 58.9. The number of allylic oxidation sites excluding steroid dienone is 4. The van der Waals surface area contributed by atoms with Crippen molar-refractivity contribution in [3.05, 3.63) is 198 Å². The van der Waals surface area contributed by atoms with Gasteiger partial charge in [-0.15, -0.1) is 0 Å². The highest BCUT2D eigenvalue weighted by atomic mass is 16.3. The van der Waals surface area contributed by atoms with Crippen LogP contribution in [0.4, 0.5) is 11.4 Å². The average molecular weight is 736 g/mol. The molecular formula is C53H41N3O. The Labute approximate surface area is 332 Å². The zero-order valence-corrected chi connectivity index (χ0v) is 32.1. The van der Waals surface area contributed by atoms with Crippen LogP contribution in [0.15, 0.2) is 186 Å². The fourth-order valence-corrected chi connectivity index (χ4v) is 9.39. The molecule has 2 aromatic heterocycles. The summed E-state index contributed by atoms with van der Waals surface area (Å²) in [6.07, 6.45) is 6.62. The molecule has 0 spiro atoms. The van der Waals surface area contributed by atoms with Crippen LogP contribution in [0.5, 0.6) is 0 Å². The molecule has 0 bridgehead atoms. The van der Waals surface area contributed by atoms with Crippen LogP contribution in [0, 0.1) is 5.92 Å². The van der Waals surface area contributed by atoms with E-state index in [4.69, 9.17) is 9.40 Å². The van der Waals surface area contributed by atoms with Crippen molar-refractivity contribution in [3.63, 3.8) is 0 Å². The molecule has 0 saturated heterocycles. The lowest BCUT2D eigenvalue weighted by atomic mass is 9.78. The quantitative estimate of drug-likeness (QED) is 0.171. The Kier molecular flexibility index (Phi) is 7.85. The van der Waals surface area contributed by atoms with Crippen LogP contribution in [-0.2, 0) is 6.42 Å². The van der Waals surface area contributed by atoms with E-state index in [-0.39, 0.29) is 5.92 Å². The van der Waals surface area contributed by atoms with Gasteiger partial charge >= 0.3 is 0 Å². The van der Waals surface area contributed by atoms with Crippen LogP contribution < -0.4 is 4.90 Å². The Morgan fingerprint density at radius 1 is 0.596 bits per heavy atom. The molecule has 0 fully saturated rings. The van der Waals surface area contributed by atoms with Gasteiger partial charge in [-0.3, -0.25) is 0 Å². The first-order chi connectivity index (χ1) is 28.1. The van der Waals surface area contributed by atoms with E-state index in [1.807, 2.05) is 18.2 Å². The summed E-state index contributed by atoms with van der Waals surface area (Å²) in [7, 11) is 0. The largest absolute Gasteiger partial charge is 0.436 e. The molecule has 2 unspecified atom stereocenters. The molecule has 9 aromatic rings. The highest BCUT2D eigenvalue weighted by Crippen LogP contribution is 2.47. The topological polar surface area (TPSA) is 34.2 Å². The summed E-state index contributed by atoms with van der Waals surface area (Å²) < 4.78 is 8.73. The van der Waals surface area contributed by atoms with Crippen molar-refractivity contribution in [1.29, 1.82) is 0 Å². The van der Waals surface area contributed by atoms with Crippen molar-refractivity contribution in [3.8, 4) is 28.3 Å². The van der Waals surface area contributed by atoms with Crippen LogP contribution in [0.1, 0.15) is 42.9 Å². The molecule has 11 rings (SSSR count). The number of aromatic nitrogens is 2. The zero-order valence-electron chi connectivity index (χ0n) is 32.1. The Balaban J connectivity index is 0.995. The van der Waals surface area contributed by atoms with E-state index >= 15 is 0 Å². The molecule has 0 radical (unpaired) electrons. The summed E-state index contributed by atoms with van der Waals surface area (Å²) in [4.78, 5) is 7.57. The smallest absolute Gasteiger partial charge is 0.227 e. The van der Waals surface area contributed by atoms with Crippen molar-refractivity contribution in [2.75, 3.05) is 4.90 Å². The van der Waals surface area contributed by atoms with Crippen molar-refractivity contribution in [2.24, 2.45) is 5.92 Å². The molecule has 2 aliphatic carbocycles. The molecule has 0 amide bonds. The minimum atomic E-state index is 0.286. The van der Waals surface area contributed by atoms with Gasteiger partial charge in [0.2, 0.25) is 5.89 Å². The Hall–Kier alpha value is -6.91. The monoisotopic (exact) mass is 735 g/mol. The van der Waals surface area contributed by atoms with Crippen LogP contribution in [-0.4, -0.2) is 9.55 Å². The van der Waals surface area contributed by atoms with Crippen LogP contribution in [0.25, 0.3) is 66.7 Å². The van der Waals surface area contributed by atoms with Crippen molar-refractivity contribution >= 4 is 49.9 Å². The van der Waals surface area contributed by atoms with E-state index in [1.165, 1.54) is 72.3 Å². The van der Waals surface area contributed by atoms with Gasteiger partial charge in [-0.05, 0) is 125 Å². The molecule has 7 aromatic carbocycles. The first kappa shape index (κ1) is 33.4. The van der Waals surface area contributed by atoms with Crippen molar-refractivity contribution in [2.45, 2.75) is 32.6 Å². The van der Waals surface area contributed by atoms with E-state index in [9.17, 15) is 0 Å². The molecule has 2 atom stereocenters. The normalized spacial score (nSPS) is 16.3. The Bertz CT molecular complexity index is 3040. The van der Waals surface area contributed by atoms with E-state index in [0.717, 1.165) is 35.2 Å². The van der Waals surface area contributed by atoms with E-state index in [1.54, 1.807) is 0 Å². The number of rotatable bonds is 6. The first-order valence-electron chi connectivity index (χ1n) is 20.1. The third kappa shape index (κ3) is 5.55. The fourth-order valence-electron chi connectivity index (χ4n) is 9.39. The summed E-state index contributed by atoms with van der Waals surface area (Å²) >= 11 is 0. The second kappa shape index (κ2) is 13.4. The SMILES string of the molecule is CC1CC(c2ccc3c(c2)c2ccccc2n3-c2ccccc2)=CC=C1N(c1ccccc1)c1ccc2c(c1)CC(C)c1ccc3oc(-c4ccccc4)nc3c1-2. The van der Waals surface area contributed by atoms with E-state index < -0.39 is 0 Å². The predicted molar refractivity (Wildman–Crippen MR) is 236 cm³/mol. The Morgan fingerprint density at radius 2 is 1.33 bits per heavy atom. The summed E-state index contributed by atoms with van der Waals surface area (Å²) in [5, 5.41) is 2.56. The van der Waals surface area contributed by atoms with E-state index in [0.29, 0.717) is 11.8 Å². The molecule has 0 N–H and O–H groups in total. The maximum atomic E-state index is 6.35. The van der Waals surface area contributed by atoms with Gasteiger partial charge in [0.05, 0.1) is 11.0 Å². The lowest BCUT2D eigenvalue weighted by Crippen LogP contribution is -2.23. The standard InChI is InChI=1S/C53H41N3O/c1-34-30-39-32-42(24-25-44(39)51-43(34)26-29-50-52(51)54-53(57-50)36-14-6-3-7-15-36)55(40-16-8-4-9-17-40)47-27-22-37(31-35(47)2)38-23-28-49-46(33-38)45-20-12-13-21-48(45)56(49)41-18-10-5-11-19-41/h3-29,32-35H,30-31H2,1-2H3. The summed E-state index contributed by atoms with van der Waals surface area (Å²) in [5.74, 6) is 1.30. The predicted octanol–water partition coefficient (Wildman–Crippen LogP) is 14.1. The maximum Gasteiger partial charge on any atom is 0.227 e. The van der Waals surface area contributed by atoms with Gasteiger partial charge in [0.1, 0.15) is 5.52 Å². The lowest BCUT2D eigenvalue weighted by Gasteiger charge is -2.35. The van der Waals surface area contributed by atoms with Gasteiger partial charge in [0.15, 0.2) is 5.58 Å². The first-order valence-corrected chi connectivity index (χ1v) is 20.1. The van der Waals surface area contributed by atoms with Gasteiger partial charge in [-0.2, -0.15) is 0 Å². The van der Waals surface area contributed by atoms with Crippen LogP contribution in [0.3, 0.4) is 0 Å². The molecule has 0 saturated carbocycles. The van der Waals surface area contributed by atoms with Crippen LogP contribution in [0.2, 0.25) is 0 Å². The number of anilines is 2.